The van der Waals surface area contributed by atoms with Gasteiger partial charge >= 0.3 is 5.97 Å². The Morgan fingerprint density at radius 3 is 2.43 bits per heavy atom. The van der Waals surface area contributed by atoms with Gasteiger partial charge in [-0.15, -0.1) is 0 Å². The van der Waals surface area contributed by atoms with Crippen LogP contribution in [0.15, 0.2) is 53.6 Å². The number of rotatable bonds is 5. The van der Waals surface area contributed by atoms with Gasteiger partial charge in [0.1, 0.15) is 10.6 Å². The summed E-state index contributed by atoms with van der Waals surface area (Å²) in [6.45, 7) is 1.62. The van der Waals surface area contributed by atoms with E-state index in [9.17, 15) is 31.5 Å². The number of carboxylic acid groups (broad SMARTS) is 1. The molecule has 2 N–H and O–H groups in total. The molecule has 0 aliphatic rings. The number of nitrogens with one attached hydrogen (secondary N) is 1. The van der Waals surface area contributed by atoms with Gasteiger partial charge in [0.05, 0.1) is 0 Å². The van der Waals surface area contributed by atoms with Gasteiger partial charge in [-0.3, -0.25) is 4.72 Å². The van der Waals surface area contributed by atoms with Crippen LogP contribution in [0.5, 0.6) is 0 Å². The second-order valence-corrected chi connectivity index (χ2v) is 7.50. The summed E-state index contributed by atoms with van der Waals surface area (Å²) in [5, 5.41) is 9.20. The molecule has 0 unspecified atom stereocenters. The molecule has 3 rings (SSSR count). The maximum Gasteiger partial charge on any atom is 0.352 e. The van der Waals surface area contributed by atoms with Crippen LogP contribution in [-0.2, 0) is 10.0 Å². The van der Waals surface area contributed by atoms with Gasteiger partial charge in [0.2, 0.25) is 0 Å². The fraction of sp³-hybridized carbons (Fsp3) is 0.0556. The van der Waals surface area contributed by atoms with Crippen LogP contribution in [-0.4, -0.2) is 24.1 Å². The molecule has 146 valence electrons. The Hall–Kier alpha value is -3.27. The predicted molar refractivity (Wildman–Crippen MR) is 94.6 cm³/mol. The minimum absolute atomic E-state index is 0.0142. The number of sulfonamides is 1. The van der Waals surface area contributed by atoms with Crippen molar-refractivity contribution < 1.29 is 31.5 Å². The Balaban J connectivity index is 1.96. The Morgan fingerprint density at radius 2 is 1.79 bits per heavy atom. The lowest BCUT2D eigenvalue weighted by molar-refractivity contribution is 0.0688. The molecule has 0 spiro atoms. The highest BCUT2D eigenvalue weighted by molar-refractivity contribution is 7.92. The van der Waals surface area contributed by atoms with E-state index >= 15 is 0 Å². The van der Waals surface area contributed by atoms with Gasteiger partial charge in [-0.05, 0) is 55.0 Å². The number of halogens is 3. The molecule has 0 saturated heterocycles. The standard InChI is InChI=1S/C18H13F3N2O4S/c1-10-9-11(4-6-13(10)23-8-2-3-14(23)18(24)25)22-28(26,27)15-7-5-12(19)16(20)17(15)21/h2-9,22H,1H3,(H,24,25). The Labute approximate surface area is 157 Å². The van der Waals surface area contributed by atoms with Gasteiger partial charge in [-0.25, -0.2) is 26.4 Å². The van der Waals surface area contributed by atoms with Gasteiger partial charge in [0.15, 0.2) is 17.5 Å². The molecular formula is C18H13F3N2O4S. The molecule has 1 aromatic heterocycles. The van der Waals surface area contributed by atoms with Crippen molar-refractivity contribution in [2.75, 3.05) is 4.72 Å². The molecule has 0 radical (unpaired) electrons. The van der Waals surface area contributed by atoms with Crippen LogP contribution < -0.4 is 4.72 Å². The summed E-state index contributed by atoms with van der Waals surface area (Å²) in [7, 11) is -4.52. The second-order valence-electron chi connectivity index (χ2n) is 5.85. The molecule has 3 aromatic rings. The van der Waals surface area contributed by atoms with E-state index in [1.165, 1.54) is 35.0 Å². The smallest absolute Gasteiger partial charge is 0.352 e. The number of benzene rings is 2. The number of carboxylic acids is 1. The number of aromatic nitrogens is 1. The zero-order chi connectivity index (χ0) is 20.6. The first-order valence-electron chi connectivity index (χ1n) is 7.80. The van der Waals surface area contributed by atoms with E-state index in [4.69, 9.17) is 0 Å². The van der Waals surface area contributed by atoms with Gasteiger partial charge in [0.25, 0.3) is 10.0 Å². The zero-order valence-electron chi connectivity index (χ0n) is 14.3. The van der Waals surface area contributed by atoms with Crippen LogP contribution in [0.3, 0.4) is 0 Å². The topological polar surface area (TPSA) is 88.4 Å². The second kappa shape index (κ2) is 7.04. The third kappa shape index (κ3) is 3.46. The minimum Gasteiger partial charge on any atom is -0.477 e. The Kier molecular flexibility index (Phi) is 4.90. The first-order chi connectivity index (χ1) is 13.1. The number of anilines is 1. The summed E-state index contributed by atoms with van der Waals surface area (Å²) >= 11 is 0. The zero-order valence-corrected chi connectivity index (χ0v) is 15.1. The molecule has 0 amide bonds. The minimum atomic E-state index is -4.52. The number of nitrogens with zero attached hydrogens (tertiary/aromatic N) is 1. The van der Waals surface area contributed by atoms with Crippen molar-refractivity contribution in [3.05, 3.63) is 77.4 Å². The van der Waals surface area contributed by atoms with E-state index in [-0.39, 0.29) is 11.4 Å². The van der Waals surface area contributed by atoms with Gasteiger partial charge in [-0.1, -0.05) is 0 Å². The van der Waals surface area contributed by atoms with E-state index in [2.05, 4.69) is 4.72 Å². The molecule has 0 aliphatic heterocycles. The lowest BCUT2D eigenvalue weighted by Gasteiger charge is -2.14. The summed E-state index contributed by atoms with van der Waals surface area (Å²) in [5.74, 6) is -6.34. The van der Waals surface area contributed by atoms with Crippen LogP contribution in [0.1, 0.15) is 16.1 Å². The highest BCUT2D eigenvalue weighted by Crippen LogP contribution is 2.25. The molecule has 28 heavy (non-hydrogen) atoms. The SMILES string of the molecule is Cc1cc(NS(=O)(=O)c2ccc(F)c(F)c2F)ccc1-n1cccc1C(=O)O. The van der Waals surface area contributed by atoms with E-state index < -0.39 is 38.3 Å². The predicted octanol–water partition coefficient (Wildman–Crippen LogP) is 3.70. The molecule has 0 fully saturated rings. The molecule has 6 nitrogen and oxygen atoms in total. The van der Waals surface area contributed by atoms with Crippen LogP contribution in [0.4, 0.5) is 18.9 Å². The van der Waals surface area contributed by atoms with Crippen molar-refractivity contribution in [1.82, 2.24) is 4.57 Å². The van der Waals surface area contributed by atoms with Gasteiger partial charge in [-0.2, -0.15) is 0 Å². The van der Waals surface area contributed by atoms with Crippen molar-refractivity contribution in [3.8, 4) is 5.69 Å². The van der Waals surface area contributed by atoms with Gasteiger partial charge < -0.3 is 9.67 Å². The number of aryl methyl sites for hydroxylation is 1. The van der Waals surface area contributed by atoms with E-state index in [0.717, 1.165) is 0 Å². The molecule has 0 atom stereocenters. The monoisotopic (exact) mass is 410 g/mol. The first kappa shape index (κ1) is 19.5. The fourth-order valence-corrected chi connectivity index (χ4v) is 3.80. The first-order valence-corrected chi connectivity index (χ1v) is 9.28. The van der Waals surface area contributed by atoms with Crippen molar-refractivity contribution in [2.24, 2.45) is 0 Å². The van der Waals surface area contributed by atoms with Crippen LogP contribution in [0.25, 0.3) is 5.69 Å². The number of hydrogen-bond donors (Lipinski definition) is 2. The molecule has 0 bridgehead atoms. The molecule has 2 aromatic carbocycles. The summed E-state index contributed by atoms with van der Waals surface area (Å²) in [5.41, 5.74) is 1.06. The lowest BCUT2D eigenvalue weighted by Crippen LogP contribution is -2.16. The normalized spacial score (nSPS) is 11.4. The van der Waals surface area contributed by atoms with Crippen LogP contribution in [0.2, 0.25) is 0 Å². The molecule has 1 heterocycles. The Bertz CT molecular complexity index is 1190. The molecular weight excluding hydrogens is 397 g/mol. The van der Waals surface area contributed by atoms with Crippen molar-refractivity contribution in [1.29, 1.82) is 0 Å². The third-order valence-electron chi connectivity index (χ3n) is 3.97. The summed E-state index contributed by atoms with van der Waals surface area (Å²) < 4.78 is 68.3. The van der Waals surface area contributed by atoms with Crippen molar-refractivity contribution in [3.63, 3.8) is 0 Å². The van der Waals surface area contributed by atoms with Gasteiger partial charge in [0, 0.05) is 17.6 Å². The molecule has 0 saturated carbocycles. The third-order valence-corrected chi connectivity index (χ3v) is 5.36. The van der Waals surface area contributed by atoms with E-state index in [1.54, 1.807) is 13.0 Å². The lowest BCUT2D eigenvalue weighted by atomic mass is 10.1. The maximum absolute atomic E-state index is 13.8. The molecule has 0 aliphatic carbocycles. The quantitative estimate of drug-likeness (QED) is 0.628. The molecule has 10 heteroatoms. The summed E-state index contributed by atoms with van der Waals surface area (Å²) in [6, 6.07) is 8.30. The maximum atomic E-state index is 13.8. The Morgan fingerprint density at radius 1 is 1.07 bits per heavy atom. The average Bonchev–Trinajstić information content (AvgIpc) is 3.09. The van der Waals surface area contributed by atoms with E-state index in [0.29, 0.717) is 23.4 Å². The fourth-order valence-electron chi connectivity index (χ4n) is 2.68. The highest BCUT2D eigenvalue weighted by Gasteiger charge is 2.24. The average molecular weight is 410 g/mol. The van der Waals surface area contributed by atoms with Crippen molar-refractivity contribution in [2.45, 2.75) is 11.8 Å². The van der Waals surface area contributed by atoms with E-state index in [1.807, 2.05) is 0 Å². The van der Waals surface area contributed by atoms with Crippen LogP contribution in [0, 0.1) is 24.4 Å². The largest absolute Gasteiger partial charge is 0.477 e. The van der Waals surface area contributed by atoms with Crippen LogP contribution >= 0.6 is 0 Å². The number of carbonyl (C=O) groups is 1. The number of hydrogen-bond acceptors (Lipinski definition) is 3. The van der Waals surface area contributed by atoms with Crippen molar-refractivity contribution >= 4 is 21.7 Å². The summed E-state index contributed by atoms with van der Waals surface area (Å²) in [6.07, 6.45) is 1.53. The summed E-state index contributed by atoms with van der Waals surface area (Å²) in [4.78, 5) is 10.2. The highest BCUT2D eigenvalue weighted by atomic mass is 32.2. The number of aromatic carboxylic acids is 1.